The zero-order valence-corrected chi connectivity index (χ0v) is 26.7. The number of benzene rings is 1. The SMILES string of the molecule is COCc1cc(-n2nc(-c3cccnc3)c3c2-c2sc(NC(C)=O)nc2CC3)ccc1C(=O)NC1CCC(N2CCCC2)CC1. The summed E-state index contributed by atoms with van der Waals surface area (Å²) in [5.74, 6) is -0.204. The number of thiazole rings is 1. The van der Waals surface area contributed by atoms with Crippen LogP contribution in [0.1, 0.15) is 72.6 Å². The molecule has 7 rings (SSSR count). The number of rotatable bonds is 8. The lowest BCUT2D eigenvalue weighted by atomic mass is 9.90. The van der Waals surface area contributed by atoms with Gasteiger partial charge in [-0.2, -0.15) is 5.10 Å². The van der Waals surface area contributed by atoms with Crippen molar-refractivity contribution >= 4 is 28.3 Å². The van der Waals surface area contributed by atoms with E-state index in [0.717, 1.165) is 82.9 Å². The normalized spacial score (nSPS) is 19.6. The Kier molecular flexibility index (Phi) is 8.48. The van der Waals surface area contributed by atoms with E-state index >= 15 is 0 Å². The van der Waals surface area contributed by atoms with Crippen molar-refractivity contribution in [2.75, 3.05) is 25.5 Å². The summed E-state index contributed by atoms with van der Waals surface area (Å²) in [6.45, 7) is 4.23. The van der Waals surface area contributed by atoms with Crippen LogP contribution in [0.4, 0.5) is 5.13 Å². The number of pyridine rings is 1. The number of nitrogens with zero attached hydrogens (tertiary/aromatic N) is 5. The van der Waals surface area contributed by atoms with Crippen molar-refractivity contribution in [3.63, 3.8) is 0 Å². The highest BCUT2D eigenvalue weighted by Gasteiger charge is 2.31. The van der Waals surface area contributed by atoms with Gasteiger partial charge in [-0.15, -0.1) is 0 Å². The highest BCUT2D eigenvalue weighted by atomic mass is 32.1. The molecule has 10 nitrogen and oxygen atoms in total. The quantitative estimate of drug-likeness (QED) is 0.270. The lowest BCUT2D eigenvalue weighted by Gasteiger charge is -2.34. The maximum atomic E-state index is 13.6. The molecule has 234 valence electrons. The van der Waals surface area contributed by atoms with Gasteiger partial charge in [0.25, 0.3) is 5.91 Å². The first-order valence-electron chi connectivity index (χ1n) is 16.0. The van der Waals surface area contributed by atoms with E-state index in [2.05, 4.69) is 20.5 Å². The molecule has 1 saturated heterocycles. The number of aryl methyl sites for hydroxylation is 1. The fraction of sp³-hybridized carbons (Fsp3) is 0.441. The highest BCUT2D eigenvalue weighted by molar-refractivity contribution is 7.19. The zero-order valence-electron chi connectivity index (χ0n) is 25.8. The molecule has 11 heteroatoms. The number of hydrogen-bond donors (Lipinski definition) is 2. The van der Waals surface area contributed by atoms with Crippen molar-refractivity contribution in [1.82, 2.24) is 30.0 Å². The third-order valence-corrected chi connectivity index (χ3v) is 10.3. The molecule has 0 unspecified atom stereocenters. The maximum Gasteiger partial charge on any atom is 0.251 e. The summed E-state index contributed by atoms with van der Waals surface area (Å²) < 4.78 is 7.53. The summed E-state index contributed by atoms with van der Waals surface area (Å²) in [5.41, 5.74) is 7.11. The number of aromatic nitrogens is 4. The third kappa shape index (κ3) is 6.04. The number of fused-ring (bicyclic) bond motifs is 3. The topological polar surface area (TPSA) is 114 Å². The van der Waals surface area contributed by atoms with E-state index in [4.69, 9.17) is 14.8 Å². The van der Waals surface area contributed by atoms with E-state index in [-0.39, 0.29) is 17.9 Å². The molecule has 2 aliphatic carbocycles. The van der Waals surface area contributed by atoms with Crippen LogP contribution in [-0.2, 0) is 29.0 Å². The lowest BCUT2D eigenvalue weighted by Crippen LogP contribution is -2.43. The van der Waals surface area contributed by atoms with Crippen LogP contribution in [0.2, 0.25) is 0 Å². The molecule has 2 amide bonds. The summed E-state index contributed by atoms with van der Waals surface area (Å²) in [6, 6.07) is 10.7. The van der Waals surface area contributed by atoms with Crippen molar-refractivity contribution in [3.8, 4) is 27.5 Å². The first-order chi connectivity index (χ1) is 22.0. The number of ether oxygens (including phenoxy) is 1. The van der Waals surface area contributed by atoms with E-state index in [1.165, 1.54) is 44.2 Å². The molecule has 0 atom stereocenters. The second-order valence-electron chi connectivity index (χ2n) is 12.3. The Hall–Kier alpha value is -3.93. The van der Waals surface area contributed by atoms with Crippen LogP contribution in [0.3, 0.4) is 0 Å². The van der Waals surface area contributed by atoms with E-state index in [1.54, 1.807) is 13.3 Å². The van der Waals surface area contributed by atoms with Crippen molar-refractivity contribution in [1.29, 1.82) is 0 Å². The van der Waals surface area contributed by atoms with Crippen LogP contribution in [-0.4, -0.2) is 68.7 Å². The third-order valence-electron chi connectivity index (χ3n) is 9.29. The van der Waals surface area contributed by atoms with Gasteiger partial charge in [-0.05, 0) is 100 Å². The first kappa shape index (κ1) is 29.8. The van der Waals surface area contributed by atoms with E-state index in [9.17, 15) is 9.59 Å². The summed E-state index contributed by atoms with van der Waals surface area (Å²) in [5, 5.41) is 11.9. The molecule has 1 aliphatic heterocycles. The Morgan fingerprint density at radius 3 is 2.64 bits per heavy atom. The van der Waals surface area contributed by atoms with Gasteiger partial charge in [0.05, 0.1) is 34.3 Å². The molecule has 2 fully saturated rings. The van der Waals surface area contributed by atoms with E-state index in [0.29, 0.717) is 23.3 Å². The van der Waals surface area contributed by atoms with Gasteiger partial charge in [-0.3, -0.25) is 14.6 Å². The van der Waals surface area contributed by atoms with Crippen LogP contribution in [0.25, 0.3) is 27.5 Å². The maximum absolute atomic E-state index is 13.6. The molecular formula is C34H39N7O3S. The molecule has 1 saturated carbocycles. The Balaban J connectivity index is 1.20. The monoisotopic (exact) mass is 625 g/mol. The van der Waals surface area contributed by atoms with Gasteiger partial charge < -0.3 is 20.3 Å². The molecule has 3 aliphatic rings. The van der Waals surface area contributed by atoms with Gasteiger partial charge >= 0.3 is 0 Å². The average molecular weight is 626 g/mol. The second kappa shape index (κ2) is 12.8. The fourth-order valence-corrected chi connectivity index (χ4v) is 8.27. The van der Waals surface area contributed by atoms with Crippen molar-refractivity contribution in [3.05, 3.63) is 65.1 Å². The largest absolute Gasteiger partial charge is 0.380 e. The van der Waals surface area contributed by atoms with Crippen LogP contribution >= 0.6 is 11.3 Å². The Morgan fingerprint density at radius 1 is 1.09 bits per heavy atom. The molecule has 3 aromatic heterocycles. The number of amides is 2. The molecule has 4 heterocycles. The van der Waals surface area contributed by atoms with Gasteiger partial charge in [0, 0.05) is 55.2 Å². The average Bonchev–Trinajstić information content (AvgIpc) is 3.80. The minimum Gasteiger partial charge on any atom is -0.380 e. The number of nitrogens with one attached hydrogen (secondary N) is 2. The van der Waals surface area contributed by atoms with Crippen LogP contribution < -0.4 is 10.6 Å². The number of carbonyl (C=O) groups is 2. The molecule has 45 heavy (non-hydrogen) atoms. The smallest absolute Gasteiger partial charge is 0.251 e. The highest BCUT2D eigenvalue weighted by Crippen LogP contribution is 2.44. The minimum atomic E-state index is -0.149. The van der Waals surface area contributed by atoms with Crippen LogP contribution in [0.5, 0.6) is 0 Å². The predicted molar refractivity (Wildman–Crippen MR) is 175 cm³/mol. The molecule has 2 N–H and O–H groups in total. The van der Waals surface area contributed by atoms with Gasteiger partial charge in [-0.25, -0.2) is 9.67 Å². The van der Waals surface area contributed by atoms with Gasteiger partial charge in [-0.1, -0.05) is 11.3 Å². The number of methoxy groups -OCH3 is 1. The molecular weight excluding hydrogens is 586 g/mol. The van der Waals surface area contributed by atoms with Crippen LogP contribution in [0.15, 0.2) is 42.7 Å². The summed E-state index contributed by atoms with van der Waals surface area (Å²) in [6.07, 6.45) is 12.0. The number of carbonyl (C=O) groups excluding carboxylic acids is 2. The second-order valence-corrected chi connectivity index (χ2v) is 13.3. The number of hydrogen-bond acceptors (Lipinski definition) is 8. The van der Waals surface area contributed by atoms with Gasteiger partial charge in [0.15, 0.2) is 5.13 Å². The molecule has 0 radical (unpaired) electrons. The first-order valence-corrected chi connectivity index (χ1v) is 16.8. The number of anilines is 1. The summed E-state index contributed by atoms with van der Waals surface area (Å²) in [7, 11) is 1.65. The van der Waals surface area contributed by atoms with Gasteiger partial charge in [0.2, 0.25) is 5.91 Å². The molecule has 1 aromatic carbocycles. The lowest BCUT2D eigenvalue weighted by molar-refractivity contribution is -0.114. The Labute approximate surface area is 267 Å². The van der Waals surface area contributed by atoms with Crippen LogP contribution in [0, 0.1) is 0 Å². The Bertz CT molecular complexity index is 1700. The minimum absolute atomic E-state index is 0.0542. The summed E-state index contributed by atoms with van der Waals surface area (Å²) >= 11 is 1.46. The van der Waals surface area contributed by atoms with E-state index in [1.807, 2.05) is 41.2 Å². The summed E-state index contributed by atoms with van der Waals surface area (Å²) in [4.78, 5) is 38.1. The number of likely N-dealkylation sites (tertiary alicyclic amines) is 1. The van der Waals surface area contributed by atoms with Crippen molar-refractivity contribution in [2.24, 2.45) is 0 Å². The Morgan fingerprint density at radius 2 is 1.91 bits per heavy atom. The predicted octanol–water partition coefficient (Wildman–Crippen LogP) is 5.40. The van der Waals surface area contributed by atoms with Crippen molar-refractivity contribution < 1.29 is 14.3 Å². The molecule has 0 bridgehead atoms. The van der Waals surface area contributed by atoms with Gasteiger partial charge in [0.1, 0.15) is 0 Å². The molecule has 0 spiro atoms. The van der Waals surface area contributed by atoms with Crippen molar-refractivity contribution in [2.45, 2.75) is 77.0 Å². The fourth-order valence-electron chi connectivity index (χ4n) is 7.16. The standard InChI is InChI=1S/C34H39N7O3S/c1-21(42)36-34-38-29-14-13-28-30(22-6-5-15-35-19-22)39-41(31(28)32(29)45-34)26-11-12-27(23(18-26)20-44-2)33(43)37-24-7-9-25(10-8-24)40-16-3-4-17-40/h5-6,11-12,15,18-19,24-25H,3-4,7-10,13-14,16-17,20H2,1-2H3,(H,37,43)(H,36,38,42). The van der Waals surface area contributed by atoms with E-state index < -0.39 is 0 Å². The molecule has 4 aromatic rings. The zero-order chi connectivity index (χ0) is 30.9.